The molecule has 0 N–H and O–H groups in total. The van der Waals surface area contributed by atoms with Gasteiger partial charge in [-0.2, -0.15) is 0 Å². The predicted octanol–water partition coefficient (Wildman–Crippen LogP) is 4.93. The molecule has 152 valence electrons. The summed E-state index contributed by atoms with van der Waals surface area (Å²) in [6, 6.07) is 15.2. The molecule has 0 bridgehead atoms. The Hall–Kier alpha value is -2.83. The smallest absolute Gasteiger partial charge is 0.345 e. The molecule has 1 fully saturated rings. The lowest BCUT2D eigenvalue weighted by Gasteiger charge is -2.36. The van der Waals surface area contributed by atoms with Gasteiger partial charge in [-0.05, 0) is 49.4 Å². The number of hydrogen-bond donors (Lipinski definition) is 0. The summed E-state index contributed by atoms with van der Waals surface area (Å²) >= 11 is 7.34. The van der Waals surface area contributed by atoms with Crippen molar-refractivity contribution in [2.45, 2.75) is 6.92 Å². The molecule has 4 aromatic rings. The largest absolute Gasteiger partial charge is 0.422 e. The van der Waals surface area contributed by atoms with Crippen LogP contribution in [0.2, 0.25) is 5.02 Å². The first-order valence-corrected chi connectivity index (χ1v) is 11.0. The number of carbonyl (C=O) groups is 1. The molecule has 3 heterocycles. The van der Waals surface area contributed by atoms with Crippen molar-refractivity contribution in [1.82, 2.24) is 4.90 Å². The van der Waals surface area contributed by atoms with Crippen LogP contribution in [0, 0.1) is 6.92 Å². The zero-order valence-electron chi connectivity index (χ0n) is 16.4. The van der Waals surface area contributed by atoms with Crippen LogP contribution in [0.15, 0.2) is 57.7 Å². The summed E-state index contributed by atoms with van der Waals surface area (Å²) in [4.78, 5) is 30.2. The van der Waals surface area contributed by atoms with Crippen molar-refractivity contribution in [2.75, 3.05) is 31.1 Å². The quantitative estimate of drug-likeness (QED) is 0.416. The van der Waals surface area contributed by atoms with Gasteiger partial charge in [-0.25, -0.2) is 4.79 Å². The van der Waals surface area contributed by atoms with Gasteiger partial charge in [-0.1, -0.05) is 23.2 Å². The Morgan fingerprint density at radius 2 is 1.73 bits per heavy atom. The maximum Gasteiger partial charge on any atom is 0.345 e. The van der Waals surface area contributed by atoms with Crippen LogP contribution in [-0.2, 0) is 0 Å². The van der Waals surface area contributed by atoms with Crippen molar-refractivity contribution in [3.63, 3.8) is 0 Å². The van der Waals surface area contributed by atoms with Gasteiger partial charge in [0.1, 0.15) is 5.58 Å². The first-order valence-electron chi connectivity index (χ1n) is 9.76. The van der Waals surface area contributed by atoms with E-state index in [1.165, 1.54) is 11.3 Å². The Kier molecular flexibility index (Phi) is 4.76. The van der Waals surface area contributed by atoms with Crippen LogP contribution in [0.3, 0.4) is 0 Å². The average Bonchev–Trinajstić information content (AvgIpc) is 3.21. The number of carbonyl (C=O) groups excluding carboxylic acids is 1. The standard InChI is InChI=1S/C23H19ClN2O3S/c1-14-2-7-19-17(12-14)21-18(23(28)29-19)13-20(30-21)22(27)26-10-8-25(9-11-26)16-5-3-15(24)4-6-16/h2-7,12-13H,8-11H2,1H3. The maximum atomic E-state index is 13.1. The van der Waals surface area contributed by atoms with Crippen molar-refractivity contribution >= 4 is 55.6 Å². The lowest BCUT2D eigenvalue weighted by molar-refractivity contribution is 0.0752. The predicted molar refractivity (Wildman–Crippen MR) is 122 cm³/mol. The SMILES string of the molecule is Cc1ccc2oc(=O)c3cc(C(=O)N4CCN(c5ccc(Cl)cc5)CC4)sc3c2c1. The minimum Gasteiger partial charge on any atom is -0.422 e. The number of halogens is 1. The number of rotatable bonds is 2. The van der Waals surface area contributed by atoms with E-state index in [9.17, 15) is 9.59 Å². The van der Waals surface area contributed by atoms with Crippen LogP contribution in [0.25, 0.3) is 21.1 Å². The summed E-state index contributed by atoms with van der Waals surface area (Å²) in [7, 11) is 0. The van der Waals surface area contributed by atoms with Gasteiger partial charge in [0.25, 0.3) is 5.91 Å². The number of anilines is 1. The summed E-state index contributed by atoms with van der Waals surface area (Å²) in [5, 5.41) is 2.06. The van der Waals surface area contributed by atoms with Crippen LogP contribution < -0.4 is 10.5 Å². The molecule has 1 amide bonds. The Morgan fingerprint density at radius 1 is 1.00 bits per heavy atom. The van der Waals surface area contributed by atoms with E-state index < -0.39 is 5.63 Å². The second-order valence-electron chi connectivity index (χ2n) is 7.50. The Balaban J connectivity index is 1.41. The van der Waals surface area contributed by atoms with Gasteiger partial charge in [-0.15, -0.1) is 11.3 Å². The van der Waals surface area contributed by atoms with Crippen molar-refractivity contribution in [1.29, 1.82) is 0 Å². The molecule has 0 unspecified atom stereocenters. The Labute approximate surface area is 182 Å². The zero-order chi connectivity index (χ0) is 20.8. The topological polar surface area (TPSA) is 53.8 Å². The van der Waals surface area contributed by atoms with E-state index >= 15 is 0 Å². The van der Waals surface area contributed by atoms with E-state index in [1.807, 2.05) is 54.3 Å². The minimum atomic E-state index is -0.399. The molecule has 5 rings (SSSR count). The molecule has 5 nitrogen and oxygen atoms in total. The van der Waals surface area contributed by atoms with Crippen LogP contribution in [-0.4, -0.2) is 37.0 Å². The van der Waals surface area contributed by atoms with E-state index in [0.29, 0.717) is 34.0 Å². The fourth-order valence-electron chi connectivity index (χ4n) is 3.89. The summed E-state index contributed by atoms with van der Waals surface area (Å²) in [6.07, 6.45) is 0. The minimum absolute atomic E-state index is 0.0350. The Morgan fingerprint density at radius 3 is 2.47 bits per heavy atom. The van der Waals surface area contributed by atoms with Crippen LogP contribution >= 0.6 is 22.9 Å². The first-order chi connectivity index (χ1) is 14.5. The van der Waals surface area contributed by atoms with Crippen molar-refractivity contribution < 1.29 is 9.21 Å². The second kappa shape index (κ2) is 7.45. The fourth-order valence-corrected chi connectivity index (χ4v) is 5.15. The fraction of sp³-hybridized carbons (Fsp3) is 0.217. The van der Waals surface area contributed by atoms with E-state index in [-0.39, 0.29) is 5.91 Å². The second-order valence-corrected chi connectivity index (χ2v) is 8.99. The number of fused-ring (bicyclic) bond motifs is 3. The highest BCUT2D eigenvalue weighted by Gasteiger charge is 2.25. The number of amides is 1. The Bertz CT molecular complexity index is 1320. The summed E-state index contributed by atoms with van der Waals surface area (Å²) in [5.41, 5.74) is 2.34. The van der Waals surface area contributed by atoms with Crippen molar-refractivity contribution in [2.24, 2.45) is 0 Å². The molecule has 0 radical (unpaired) electrons. The third kappa shape index (κ3) is 3.36. The molecule has 7 heteroatoms. The molecule has 1 aliphatic heterocycles. The third-order valence-corrected chi connectivity index (χ3v) is 6.91. The highest BCUT2D eigenvalue weighted by molar-refractivity contribution is 7.21. The molecule has 0 spiro atoms. The van der Waals surface area contributed by atoms with Gasteiger partial charge >= 0.3 is 5.63 Å². The van der Waals surface area contributed by atoms with Crippen LogP contribution in [0.1, 0.15) is 15.2 Å². The van der Waals surface area contributed by atoms with Gasteiger partial charge in [0.2, 0.25) is 0 Å². The normalized spacial score (nSPS) is 14.6. The van der Waals surface area contributed by atoms with Crippen LogP contribution in [0.4, 0.5) is 5.69 Å². The third-order valence-electron chi connectivity index (χ3n) is 5.50. The number of nitrogens with zero attached hydrogens (tertiary/aromatic N) is 2. The van der Waals surface area contributed by atoms with E-state index in [0.717, 1.165) is 34.4 Å². The van der Waals surface area contributed by atoms with Crippen LogP contribution in [0.5, 0.6) is 0 Å². The molecule has 30 heavy (non-hydrogen) atoms. The molecular weight excluding hydrogens is 420 g/mol. The molecule has 2 aromatic carbocycles. The van der Waals surface area contributed by atoms with Crippen molar-refractivity contribution in [3.8, 4) is 0 Å². The number of aryl methyl sites for hydroxylation is 1. The van der Waals surface area contributed by atoms with Gasteiger partial charge in [0.05, 0.1) is 15.0 Å². The number of thiophene rings is 1. The van der Waals surface area contributed by atoms with Gasteiger partial charge in [0.15, 0.2) is 0 Å². The molecule has 1 aliphatic rings. The molecule has 0 atom stereocenters. The molecular formula is C23H19ClN2O3S. The summed E-state index contributed by atoms with van der Waals surface area (Å²) in [5.74, 6) is -0.0350. The van der Waals surface area contributed by atoms with E-state index in [2.05, 4.69) is 4.90 Å². The van der Waals surface area contributed by atoms with E-state index in [4.69, 9.17) is 16.0 Å². The summed E-state index contributed by atoms with van der Waals surface area (Å²) < 4.78 is 6.26. The number of piperazine rings is 1. The molecule has 2 aromatic heterocycles. The van der Waals surface area contributed by atoms with Gasteiger partial charge < -0.3 is 14.2 Å². The summed E-state index contributed by atoms with van der Waals surface area (Å²) in [6.45, 7) is 4.76. The number of benzene rings is 2. The lowest BCUT2D eigenvalue weighted by Crippen LogP contribution is -2.48. The highest BCUT2D eigenvalue weighted by atomic mass is 35.5. The van der Waals surface area contributed by atoms with Crippen molar-refractivity contribution in [3.05, 3.63) is 74.4 Å². The number of hydrogen-bond acceptors (Lipinski definition) is 5. The first kappa shape index (κ1) is 19.2. The maximum absolute atomic E-state index is 13.1. The van der Waals surface area contributed by atoms with Gasteiger partial charge in [0, 0.05) is 42.3 Å². The average molecular weight is 439 g/mol. The molecule has 1 saturated heterocycles. The van der Waals surface area contributed by atoms with Gasteiger partial charge in [-0.3, -0.25) is 4.79 Å². The highest BCUT2D eigenvalue weighted by Crippen LogP contribution is 2.32. The zero-order valence-corrected chi connectivity index (χ0v) is 17.9. The molecule has 0 aliphatic carbocycles. The van der Waals surface area contributed by atoms with E-state index in [1.54, 1.807) is 6.07 Å². The monoisotopic (exact) mass is 438 g/mol. The molecule has 0 saturated carbocycles. The lowest BCUT2D eigenvalue weighted by atomic mass is 10.1.